The SMILES string of the molecule is CCOCCCn1ccnc1NCCCCN(C)C(C)C. The highest BCUT2D eigenvalue weighted by Gasteiger charge is 2.03. The monoisotopic (exact) mass is 296 g/mol. The van der Waals surface area contributed by atoms with Crippen molar-refractivity contribution < 1.29 is 4.74 Å². The van der Waals surface area contributed by atoms with E-state index in [0.717, 1.165) is 45.2 Å². The fourth-order valence-electron chi connectivity index (χ4n) is 2.08. The van der Waals surface area contributed by atoms with Gasteiger partial charge in [0.2, 0.25) is 5.95 Å². The average molecular weight is 296 g/mol. The molecule has 1 aromatic heterocycles. The van der Waals surface area contributed by atoms with Crippen molar-refractivity contribution in [1.82, 2.24) is 14.5 Å². The highest BCUT2D eigenvalue weighted by molar-refractivity contribution is 5.25. The predicted molar refractivity (Wildman–Crippen MR) is 88.8 cm³/mol. The number of imidazole rings is 1. The minimum absolute atomic E-state index is 0.627. The van der Waals surface area contributed by atoms with Gasteiger partial charge in [-0.1, -0.05) is 0 Å². The van der Waals surface area contributed by atoms with Gasteiger partial charge in [-0.05, 0) is 53.6 Å². The first-order chi connectivity index (χ1) is 10.1. The van der Waals surface area contributed by atoms with Crippen LogP contribution < -0.4 is 5.32 Å². The van der Waals surface area contributed by atoms with Crippen LogP contribution in [0.5, 0.6) is 0 Å². The van der Waals surface area contributed by atoms with Crippen molar-refractivity contribution in [3.8, 4) is 0 Å². The van der Waals surface area contributed by atoms with Gasteiger partial charge in [0, 0.05) is 44.7 Å². The number of rotatable bonds is 12. The zero-order chi connectivity index (χ0) is 15.5. The zero-order valence-electron chi connectivity index (χ0n) is 14.1. The Morgan fingerprint density at radius 3 is 2.86 bits per heavy atom. The molecule has 1 heterocycles. The van der Waals surface area contributed by atoms with Crippen LogP contribution in [0.2, 0.25) is 0 Å². The number of aromatic nitrogens is 2. The number of hydrogen-bond acceptors (Lipinski definition) is 4. The van der Waals surface area contributed by atoms with Gasteiger partial charge in [0.15, 0.2) is 0 Å². The molecule has 0 aliphatic carbocycles. The molecule has 5 nitrogen and oxygen atoms in total. The Balaban J connectivity index is 2.16. The van der Waals surface area contributed by atoms with Crippen molar-refractivity contribution >= 4 is 5.95 Å². The van der Waals surface area contributed by atoms with Crippen LogP contribution in [0, 0.1) is 0 Å². The van der Waals surface area contributed by atoms with Gasteiger partial charge >= 0.3 is 0 Å². The first kappa shape index (κ1) is 18.0. The highest BCUT2D eigenvalue weighted by atomic mass is 16.5. The molecule has 0 spiro atoms. The molecule has 21 heavy (non-hydrogen) atoms. The Morgan fingerprint density at radius 1 is 1.33 bits per heavy atom. The van der Waals surface area contributed by atoms with Crippen molar-refractivity contribution in [2.75, 3.05) is 38.7 Å². The quantitative estimate of drug-likeness (QED) is 0.602. The van der Waals surface area contributed by atoms with Crippen LogP contribution in [0.15, 0.2) is 12.4 Å². The van der Waals surface area contributed by atoms with Crippen molar-refractivity contribution in [3.63, 3.8) is 0 Å². The molecule has 0 bridgehead atoms. The van der Waals surface area contributed by atoms with Gasteiger partial charge < -0.3 is 19.5 Å². The van der Waals surface area contributed by atoms with Gasteiger partial charge in [-0.3, -0.25) is 0 Å². The van der Waals surface area contributed by atoms with E-state index in [9.17, 15) is 0 Å². The molecule has 0 atom stereocenters. The minimum Gasteiger partial charge on any atom is -0.382 e. The maximum atomic E-state index is 5.37. The molecule has 0 fully saturated rings. The van der Waals surface area contributed by atoms with Crippen molar-refractivity contribution in [1.29, 1.82) is 0 Å². The van der Waals surface area contributed by atoms with Gasteiger partial charge in [0.25, 0.3) is 0 Å². The summed E-state index contributed by atoms with van der Waals surface area (Å²) in [5, 5.41) is 3.43. The molecule has 0 amide bonds. The topological polar surface area (TPSA) is 42.3 Å². The van der Waals surface area contributed by atoms with E-state index in [0.29, 0.717) is 6.04 Å². The summed E-state index contributed by atoms with van der Waals surface area (Å²) in [5.74, 6) is 0.976. The van der Waals surface area contributed by atoms with E-state index in [2.05, 4.69) is 40.7 Å². The van der Waals surface area contributed by atoms with Crippen LogP contribution in [-0.2, 0) is 11.3 Å². The second kappa shape index (κ2) is 10.6. The lowest BCUT2D eigenvalue weighted by atomic mass is 10.2. The van der Waals surface area contributed by atoms with E-state index < -0.39 is 0 Å². The Hall–Kier alpha value is -1.07. The first-order valence-corrected chi connectivity index (χ1v) is 8.18. The summed E-state index contributed by atoms with van der Waals surface area (Å²) in [6.45, 7) is 11.2. The van der Waals surface area contributed by atoms with Crippen molar-refractivity contribution in [2.45, 2.75) is 52.6 Å². The summed E-state index contributed by atoms with van der Waals surface area (Å²) >= 11 is 0. The van der Waals surface area contributed by atoms with Gasteiger partial charge in [-0.2, -0.15) is 0 Å². The largest absolute Gasteiger partial charge is 0.382 e. The standard InChI is InChI=1S/C16H32N4O/c1-5-21-14-8-12-20-13-10-18-16(20)17-9-6-7-11-19(4)15(2)3/h10,13,15H,5-9,11-12,14H2,1-4H3,(H,17,18). The fraction of sp³-hybridized carbons (Fsp3) is 0.812. The Kier molecular flexibility index (Phi) is 9.10. The Morgan fingerprint density at radius 2 is 2.14 bits per heavy atom. The number of nitrogens with one attached hydrogen (secondary N) is 1. The third-order valence-corrected chi connectivity index (χ3v) is 3.71. The molecule has 1 N–H and O–H groups in total. The summed E-state index contributed by atoms with van der Waals surface area (Å²) in [7, 11) is 2.18. The number of aryl methyl sites for hydroxylation is 1. The van der Waals surface area contributed by atoms with Crippen molar-refractivity contribution in [2.24, 2.45) is 0 Å². The molecule has 0 aliphatic heterocycles. The molecule has 0 aromatic carbocycles. The maximum Gasteiger partial charge on any atom is 0.202 e. The second-order valence-corrected chi connectivity index (χ2v) is 5.70. The second-order valence-electron chi connectivity index (χ2n) is 5.70. The highest BCUT2D eigenvalue weighted by Crippen LogP contribution is 2.06. The van der Waals surface area contributed by atoms with Crippen LogP contribution in [-0.4, -0.2) is 53.8 Å². The molecule has 122 valence electrons. The summed E-state index contributed by atoms with van der Waals surface area (Å²) in [6, 6.07) is 0.627. The van der Waals surface area contributed by atoms with Gasteiger partial charge in [-0.15, -0.1) is 0 Å². The molecule has 0 aliphatic rings. The lowest BCUT2D eigenvalue weighted by Crippen LogP contribution is -2.27. The zero-order valence-corrected chi connectivity index (χ0v) is 14.1. The van der Waals surface area contributed by atoms with E-state index in [-0.39, 0.29) is 0 Å². The fourth-order valence-corrected chi connectivity index (χ4v) is 2.08. The predicted octanol–water partition coefficient (Wildman–Crippen LogP) is 2.84. The molecule has 1 rings (SSSR count). The molecule has 0 saturated heterocycles. The molecule has 0 saturated carbocycles. The van der Waals surface area contributed by atoms with Gasteiger partial charge in [0.05, 0.1) is 0 Å². The summed E-state index contributed by atoms with van der Waals surface area (Å²) in [5.41, 5.74) is 0. The molecular weight excluding hydrogens is 264 g/mol. The van der Waals surface area contributed by atoms with E-state index in [1.54, 1.807) is 0 Å². The lowest BCUT2D eigenvalue weighted by Gasteiger charge is -2.20. The third-order valence-electron chi connectivity index (χ3n) is 3.71. The summed E-state index contributed by atoms with van der Waals surface area (Å²) < 4.78 is 7.53. The van der Waals surface area contributed by atoms with Gasteiger partial charge in [-0.25, -0.2) is 4.98 Å². The van der Waals surface area contributed by atoms with E-state index in [4.69, 9.17) is 4.74 Å². The number of anilines is 1. The average Bonchev–Trinajstić information content (AvgIpc) is 2.90. The van der Waals surface area contributed by atoms with Crippen LogP contribution in [0.3, 0.4) is 0 Å². The number of nitrogens with zero attached hydrogens (tertiary/aromatic N) is 3. The smallest absolute Gasteiger partial charge is 0.202 e. The number of ether oxygens (including phenoxy) is 1. The third kappa shape index (κ3) is 7.48. The number of hydrogen-bond donors (Lipinski definition) is 1. The Labute approximate surface area is 129 Å². The van der Waals surface area contributed by atoms with Gasteiger partial charge in [0.1, 0.15) is 0 Å². The Bertz CT molecular complexity index is 365. The van der Waals surface area contributed by atoms with E-state index in [1.807, 2.05) is 19.3 Å². The molecule has 1 aromatic rings. The minimum atomic E-state index is 0.627. The number of unbranched alkanes of at least 4 members (excludes halogenated alkanes) is 1. The lowest BCUT2D eigenvalue weighted by molar-refractivity contribution is 0.142. The molecule has 0 radical (unpaired) electrons. The maximum absolute atomic E-state index is 5.37. The first-order valence-electron chi connectivity index (χ1n) is 8.18. The van der Waals surface area contributed by atoms with E-state index >= 15 is 0 Å². The normalized spacial score (nSPS) is 11.5. The molecule has 0 unspecified atom stereocenters. The van der Waals surface area contributed by atoms with Crippen LogP contribution >= 0.6 is 0 Å². The molecule has 5 heteroatoms. The van der Waals surface area contributed by atoms with Crippen LogP contribution in [0.1, 0.15) is 40.0 Å². The molecular formula is C16H32N4O. The van der Waals surface area contributed by atoms with Crippen molar-refractivity contribution in [3.05, 3.63) is 12.4 Å². The van der Waals surface area contributed by atoms with Crippen LogP contribution in [0.4, 0.5) is 5.95 Å². The summed E-state index contributed by atoms with van der Waals surface area (Å²) in [4.78, 5) is 6.76. The van der Waals surface area contributed by atoms with E-state index in [1.165, 1.54) is 12.8 Å². The van der Waals surface area contributed by atoms with Crippen LogP contribution in [0.25, 0.3) is 0 Å². The summed E-state index contributed by atoms with van der Waals surface area (Å²) in [6.07, 6.45) is 7.30.